The Balaban J connectivity index is 1.53. The Morgan fingerprint density at radius 2 is 1.79 bits per heavy atom. The summed E-state index contributed by atoms with van der Waals surface area (Å²) in [4.78, 5) is 39.4. The van der Waals surface area contributed by atoms with Gasteiger partial charge in [0.25, 0.3) is 0 Å². The Morgan fingerprint density at radius 1 is 1.11 bits per heavy atom. The number of aromatic nitrogens is 3. The molecule has 0 fully saturated rings. The second-order valence-electron chi connectivity index (χ2n) is 9.56. The van der Waals surface area contributed by atoms with Gasteiger partial charge in [0.2, 0.25) is 5.91 Å². The highest BCUT2D eigenvalue weighted by Crippen LogP contribution is 2.31. The summed E-state index contributed by atoms with van der Waals surface area (Å²) in [6.45, 7) is 8.28. The molecular formula is C28H34N6O3S. The Hall–Kier alpha value is -3.92. The molecule has 200 valence electrons. The first-order chi connectivity index (χ1) is 18.2. The van der Waals surface area contributed by atoms with Crippen molar-refractivity contribution < 1.29 is 14.3 Å². The van der Waals surface area contributed by atoms with Crippen molar-refractivity contribution in [2.75, 3.05) is 19.4 Å². The summed E-state index contributed by atoms with van der Waals surface area (Å²) >= 11 is 1.48. The number of imidazole rings is 1. The smallest absolute Gasteiger partial charge is 0.407 e. The second-order valence-corrected chi connectivity index (χ2v) is 10.6. The predicted octanol–water partition coefficient (Wildman–Crippen LogP) is 5.62. The molecule has 4 rings (SSSR count). The van der Waals surface area contributed by atoms with Crippen LogP contribution in [-0.2, 0) is 9.53 Å². The zero-order chi connectivity index (χ0) is 27.4. The number of hydrogen-bond donors (Lipinski definition) is 3. The lowest BCUT2D eigenvalue weighted by Gasteiger charge is -2.33. The van der Waals surface area contributed by atoms with Gasteiger partial charge in [-0.2, -0.15) is 0 Å². The molecule has 4 aromatic rings. The highest BCUT2D eigenvalue weighted by atomic mass is 32.1. The lowest BCUT2D eigenvalue weighted by atomic mass is 10.0. The van der Waals surface area contributed by atoms with Gasteiger partial charge in [-0.3, -0.25) is 4.79 Å². The van der Waals surface area contributed by atoms with Crippen molar-refractivity contribution in [3.05, 3.63) is 54.5 Å². The van der Waals surface area contributed by atoms with Crippen molar-refractivity contribution in [3.63, 3.8) is 0 Å². The molecule has 0 saturated heterocycles. The number of thiazole rings is 1. The van der Waals surface area contributed by atoms with E-state index >= 15 is 0 Å². The molecule has 0 saturated carbocycles. The topological polar surface area (TPSA) is 126 Å². The van der Waals surface area contributed by atoms with Crippen LogP contribution in [0.3, 0.4) is 0 Å². The number of rotatable bonds is 9. The molecule has 10 heteroatoms. The third-order valence-corrected chi connectivity index (χ3v) is 7.38. The van der Waals surface area contributed by atoms with Gasteiger partial charge in [-0.05, 0) is 48.1 Å². The van der Waals surface area contributed by atoms with E-state index in [1.54, 1.807) is 11.1 Å². The molecule has 0 bridgehead atoms. The summed E-state index contributed by atoms with van der Waals surface area (Å²) < 4.78 is 5.79. The monoisotopic (exact) mass is 534 g/mol. The van der Waals surface area contributed by atoms with Gasteiger partial charge < -0.3 is 25.7 Å². The zero-order valence-electron chi connectivity index (χ0n) is 22.3. The maximum Gasteiger partial charge on any atom is 0.407 e. The highest BCUT2D eigenvalue weighted by Gasteiger charge is 2.32. The summed E-state index contributed by atoms with van der Waals surface area (Å²) in [6, 6.07) is 13.4. The number of methoxy groups -OCH3 is 1. The highest BCUT2D eigenvalue weighted by molar-refractivity contribution is 7.22. The van der Waals surface area contributed by atoms with E-state index in [2.05, 4.69) is 38.5 Å². The van der Waals surface area contributed by atoms with Crippen LogP contribution in [0.25, 0.3) is 32.6 Å². The number of alkyl carbamates (subject to hydrolysis) is 1. The molecule has 0 aliphatic heterocycles. The predicted molar refractivity (Wildman–Crippen MR) is 152 cm³/mol. The lowest BCUT2D eigenvalue weighted by molar-refractivity contribution is -0.136. The number of benzene rings is 2. The van der Waals surface area contributed by atoms with Crippen LogP contribution in [-0.4, -0.2) is 51.5 Å². The van der Waals surface area contributed by atoms with E-state index in [-0.39, 0.29) is 17.9 Å². The number of nitrogens with zero attached hydrogens (tertiary/aromatic N) is 3. The van der Waals surface area contributed by atoms with Gasteiger partial charge >= 0.3 is 6.09 Å². The number of nitrogen functional groups attached to an aromatic ring is 1. The fourth-order valence-electron chi connectivity index (χ4n) is 4.42. The molecule has 2 amide bonds. The molecule has 4 N–H and O–H groups in total. The van der Waals surface area contributed by atoms with Crippen molar-refractivity contribution in [1.29, 1.82) is 0 Å². The number of aromatic amines is 1. The van der Waals surface area contributed by atoms with E-state index in [9.17, 15) is 9.59 Å². The van der Waals surface area contributed by atoms with E-state index in [4.69, 9.17) is 10.5 Å². The Morgan fingerprint density at radius 3 is 2.45 bits per heavy atom. The maximum atomic E-state index is 13.5. The van der Waals surface area contributed by atoms with Crippen LogP contribution < -0.4 is 11.1 Å². The minimum atomic E-state index is -0.695. The fourth-order valence-corrected chi connectivity index (χ4v) is 5.19. The number of hydrogen-bond acceptors (Lipinski definition) is 7. The second kappa shape index (κ2) is 11.6. The molecular weight excluding hydrogens is 500 g/mol. The number of amides is 2. The average molecular weight is 535 g/mol. The first-order valence-electron chi connectivity index (χ1n) is 12.7. The largest absolute Gasteiger partial charge is 0.453 e. The minimum absolute atomic E-state index is 0.104. The number of nitrogens with two attached hydrogens (primary N) is 1. The number of carbonyl (C=O) groups excluding carboxylic acids is 2. The van der Waals surface area contributed by atoms with E-state index in [1.165, 1.54) is 18.4 Å². The summed E-state index contributed by atoms with van der Waals surface area (Å²) in [5.74, 6) is 0.411. The van der Waals surface area contributed by atoms with Gasteiger partial charge in [-0.1, -0.05) is 62.4 Å². The molecule has 2 unspecified atom stereocenters. The molecule has 0 spiro atoms. The molecule has 0 radical (unpaired) electrons. The van der Waals surface area contributed by atoms with Gasteiger partial charge in [-0.15, -0.1) is 0 Å². The Bertz CT molecular complexity index is 1410. The van der Waals surface area contributed by atoms with Crippen molar-refractivity contribution in [2.24, 2.45) is 5.92 Å². The number of H-pyrrole nitrogens is 1. The molecule has 0 aliphatic rings. The third kappa shape index (κ3) is 5.80. The molecule has 0 aliphatic carbocycles. The Labute approximate surface area is 226 Å². The van der Waals surface area contributed by atoms with Crippen LogP contribution in [0.4, 0.5) is 9.93 Å². The number of carbonyl (C=O) groups is 2. The van der Waals surface area contributed by atoms with Crippen LogP contribution in [0.1, 0.15) is 46.0 Å². The van der Waals surface area contributed by atoms with E-state index in [0.717, 1.165) is 39.0 Å². The van der Waals surface area contributed by atoms with Crippen molar-refractivity contribution in [2.45, 2.75) is 46.2 Å². The SMILES string of the molecule is CCCN(C(=O)C(NC(=O)OC)C(C)C)C(C)c1ncc(-c2ccc(-c3ccc4nc(N)sc4c3)cc2)[nH]1. The number of fused-ring (bicyclic) bond motifs is 1. The summed E-state index contributed by atoms with van der Waals surface area (Å²) in [5, 5.41) is 3.25. The van der Waals surface area contributed by atoms with Crippen LogP contribution in [0, 0.1) is 5.92 Å². The van der Waals surface area contributed by atoms with Gasteiger partial charge in [-0.25, -0.2) is 14.8 Å². The normalized spacial score (nSPS) is 12.9. The van der Waals surface area contributed by atoms with Gasteiger partial charge in [0.1, 0.15) is 11.9 Å². The molecule has 2 heterocycles. The number of nitrogens with one attached hydrogen (secondary N) is 2. The molecule has 2 aromatic carbocycles. The van der Waals surface area contributed by atoms with Crippen molar-refractivity contribution in [3.8, 4) is 22.4 Å². The average Bonchev–Trinajstić information content (AvgIpc) is 3.55. The quantitative estimate of drug-likeness (QED) is 0.256. The van der Waals surface area contributed by atoms with Crippen LogP contribution in [0.15, 0.2) is 48.7 Å². The van der Waals surface area contributed by atoms with Crippen LogP contribution in [0.5, 0.6) is 0 Å². The fraction of sp³-hybridized carbons (Fsp3) is 0.357. The number of anilines is 1. The maximum absolute atomic E-state index is 13.5. The van der Waals surface area contributed by atoms with Crippen molar-refractivity contribution in [1.82, 2.24) is 25.2 Å². The molecule has 38 heavy (non-hydrogen) atoms. The van der Waals surface area contributed by atoms with Crippen LogP contribution >= 0.6 is 11.3 Å². The number of ether oxygens (including phenoxy) is 1. The van der Waals surface area contributed by atoms with E-state index in [1.807, 2.05) is 52.0 Å². The van der Waals surface area contributed by atoms with Crippen LogP contribution in [0.2, 0.25) is 0 Å². The first-order valence-corrected chi connectivity index (χ1v) is 13.5. The van der Waals surface area contributed by atoms with E-state index < -0.39 is 12.1 Å². The lowest BCUT2D eigenvalue weighted by Crippen LogP contribution is -2.52. The summed E-state index contributed by atoms with van der Waals surface area (Å²) in [6.07, 6.45) is 1.93. The minimum Gasteiger partial charge on any atom is -0.453 e. The van der Waals surface area contributed by atoms with Gasteiger partial charge in [0, 0.05) is 6.54 Å². The van der Waals surface area contributed by atoms with Gasteiger partial charge in [0.15, 0.2) is 5.13 Å². The molecule has 2 atom stereocenters. The summed E-state index contributed by atoms with van der Waals surface area (Å²) in [5.41, 5.74) is 10.8. The zero-order valence-corrected chi connectivity index (χ0v) is 23.1. The molecule has 9 nitrogen and oxygen atoms in total. The van der Waals surface area contributed by atoms with Gasteiger partial charge in [0.05, 0.1) is 35.3 Å². The molecule has 2 aromatic heterocycles. The van der Waals surface area contributed by atoms with Crippen molar-refractivity contribution >= 4 is 38.7 Å². The standard InChI is InChI=1S/C28H34N6O3S/c1-6-13-34(26(35)24(16(2)3)33-28(36)37-5)17(4)25-30-15-22(31-25)19-9-7-18(8-10-19)20-11-12-21-23(14-20)38-27(29)32-21/h7-12,14-17,24H,6,13H2,1-5H3,(H2,29,32)(H,30,31)(H,33,36). The first kappa shape index (κ1) is 27.1. The summed E-state index contributed by atoms with van der Waals surface area (Å²) in [7, 11) is 1.29. The van der Waals surface area contributed by atoms with E-state index in [0.29, 0.717) is 17.5 Å². The third-order valence-electron chi connectivity index (χ3n) is 6.53. The Kier molecular flexibility index (Phi) is 8.31.